The van der Waals surface area contributed by atoms with E-state index in [9.17, 15) is 0 Å². The fraction of sp³-hybridized carbons (Fsp3) is 0.467. The van der Waals surface area contributed by atoms with Crippen LogP contribution in [0.4, 0.5) is 0 Å². The minimum absolute atomic E-state index is 0.170. The fourth-order valence-electron chi connectivity index (χ4n) is 2.22. The van der Waals surface area contributed by atoms with Gasteiger partial charge in [0.2, 0.25) is 0 Å². The number of aromatic nitrogens is 1. The van der Waals surface area contributed by atoms with E-state index in [4.69, 9.17) is 10.5 Å². The van der Waals surface area contributed by atoms with Gasteiger partial charge in [-0.25, -0.2) is 0 Å². The molecule has 0 amide bonds. The Hall–Kier alpha value is -1.48. The molecule has 1 aromatic heterocycles. The summed E-state index contributed by atoms with van der Waals surface area (Å²) in [7, 11) is 2.06. The number of hydrogen-bond donors (Lipinski definition) is 1. The number of nitrogens with two attached hydrogens (primary N) is 1. The second-order valence-corrected chi connectivity index (χ2v) is 5.70. The average Bonchev–Trinajstić information content (AvgIpc) is 2.54. The van der Waals surface area contributed by atoms with Gasteiger partial charge in [0.1, 0.15) is 11.4 Å². The van der Waals surface area contributed by atoms with Crippen molar-refractivity contribution in [2.24, 2.45) is 12.8 Å². The molecule has 18 heavy (non-hydrogen) atoms. The van der Waals surface area contributed by atoms with Gasteiger partial charge in [0, 0.05) is 24.1 Å². The van der Waals surface area contributed by atoms with Crippen molar-refractivity contribution in [3.05, 3.63) is 30.0 Å². The van der Waals surface area contributed by atoms with E-state index >= 15 is 0 Å². The first-order valence-corrected chi connectivity index (χ1v) is 6.38. The maximum Gasteiger partial charge on any atom is 0.120 e. The van der Waals surface area contributed by atoms with Crippen molar-refractivity contribution in [3.63, 3.8) is 0 Å². The smallest absolute Gasteiger partial charge is 0.120 e. The summed E-state index contributed by atoms with van der Waals surface area (Å²) < 4.78 is 8.05. The van der Waals surface area contributed by atoms with Crippen molar-refractivity contribution >= 4 is 10.9 Å². The summed E-state index contributed by atoms with van der Waals surface area (Å²) in [4.78, 5) is 0. The summed E-state index contributed by atoms with van der Waals surface area (Å²) in [6.07, 6.45) is 3.05. The minimum Gasteiger partial charge on any atom is -0.488 e. The maximum atomic E-state index is 5.91. The molecule has 3 nitrogen and oxygen atoms in total. The van der Waals surface area contributed by atoms with Crippen LogP contribution in [0.2, 0.25) is 0 Å². The Bertz CT molecular complexity index is 549. The second-order valence-electron chi connectivity index (χ2n) is 5.70. The standard InChI is InChI=1S/C15H22N2O/c1-15(2,3)18-12-5-6-14-13(9-12)11(7-8-16)10-17(14)4/h5-6,9-10H,7-8,16H2,1-4H3. The van der Waals surface area contributed by atoms with Gasteiger partial charge in [-0.2, -0.15) is 0 Å². The zero-order valence-electron chi connectivity index (χ0n) is 11.7. The van der Waals surface area contributed by atoms with Gasteiger partial charge >= 0.3 is 0 Å². The Kier molecular flexibility index (Phi) is 3.35. The number of hydrogen-bond acceptors (Lipinski definition) is 2. The van der Waals surface area contributed by atoms with Crippen LogP contribution in [0.5, 0.6) is 5.75 Å². The number of aryl methyl sites for hydroxylation is 1. The molecule has 98 valence electrons. The van der Waals surface area contributed by atoms with Crippen molar-refractivity contribution in [1.82, 2.24) is 4.57 Å². The van der Waals surface area contributed by atoms with E-state index in [1.807, 2.05) is 6.07 Å². The highest BCUT2D eigenvalue weighted by Gasteiger charge is 2.13. The van der Waals surface area contributed by atoms with Crippen LogP contribution >= 0.6 is 0 Å². The second kappa shape index (κ2) is 4.65. The van der Waals surface area contributed by atoms with Crippen molar-refractivity contribution in [2.75, 3.05) is 6.54 Å². The molecule has 0 fully saturated rings. The number of benzene rings is 1. The van der Waals surface area contributed by atoms with E-state index in [2.05, 4.69) is 50.7 Å². The third-order valence-corrected chi connectivity index (χ3v) is 2.88. The van der Waals surface area contributed by atoms with E-state index in [1.165, 1.54) is 16.5 Å². The van der Waals surface area contributed by atoms with Gasteiger partial charge in [0.15, 0.2) is 0 Å². The van der Waals surface area contributed by atoms with Crippen LogP contribution in [0.25, 0.3) is 10.9 Å². The first-order valence-electron chi connectivity index (χ1n) is 6.38. The molecular formula is C15H22N2O. The largest absolute Gasteiger partial charge is 0.488 e. The summed E-state index contributed by atoms with van der Waals surface area (Å²) in [6, 6.07) is 6.25. The SMILES string of the molecule is Cn1cc(CCN)c2cc(OC(C)(C)C)ccc21. The third kappa shape index (κ3) is 2.67. The molecule has 2 aromatic rings. The van der Waals surface area contributed by atoms with Crippen LogP contribution in [0, 0.1) is 0 Å². The summed E-state index contributed by atoms with van der Waals surface area (Å²) >= 11 is 0. The van der Waals surface area contributed by atoms with Crippen LogP contribution in [-0.4, -0.2) is 16.7 Å². The van der Waals surface area contributed by atoms with E-state index in [0.29, 0.717) is 6.54 Å². The molecule has 2 rings (SSSR count). The predicted molar refractivity (Wildman–Crippen MR) is 76.1 cm³/mol. The van der Waals surface area contributed by atoms with E-state index in [0.717, 1.165) is 12.2 Å². The molecule has 0 aliphatic carbocycles. The zero-order chi connectivity index (χ0) is 13.3. The Morgan fingerprint density at radius 2 is 2.00 bits per heavy atom. The van der Waals surface area contributed by atoms with E-state index < -0.39 is 0 Å². The maximum absolute atomic E-state index is 5.91. The van der Waals surface area contributed by atoms with E-state index in [1.54, 1.807) is 0 Å². The molecule has 0 atom stereocenters. The first kappa shape index (κ1) is 13.0. The van der Waals surface area contributed by atoms with Crippen molar-refractivity contribution in [2.45, 2.75) is 32.8 Å². The normalized spacial score (nSPS) is 12.1. The predicted octanol–water partition coefficient (Wildman–Crippen LogP) is 2.86. The Balaban J connectivity index is 2.45. The highest BCUT2D eigenvalue weighted by Crippen LogP contribution is 2.27. The summed E-state index contributed by atoms with van der Waals surface area (Å²) in [6.45, 7) is 6.85. The van der Waals surface area contributed by atoms with Gasteiger partial charge in [0.25, 0.3) is 0 Å². The highest BCUT2D eigenvalue weighted by molar-refractivity contribution is 5.85. The molecule has 3 heteroatoms. The lowest BCUT2D eigenvalue weighted by Gasteiger charge is -2.21. The third-order valence-electron chi connectivity index (χ3n) is 2.88. The summed E-state index contributed by atoms with van der Waals surface area (Å²) in [5.41, 5.74) is 8.00. The molecular weight excluding hydrogens is 224 g/mol. The Morgan fingerprint density at radius 1 is 1.28 bits per heavy atom. The lowest BCUT2D eigenvalue weighted by atomic mass is 10.1. The summed E-state index contributed by atoms with van der Waals surface area (Å²) in [5, 5.41) is 1.24. The number of fused-ring (bicyclic) bond motifs is 1. The lowest BCUT2D eigenvalue weighted by Crippen LogP contribution is -2.22. The fourth-order valence-corrected chi connectivity index (χ4v) is 2.22. The summed E-state index contributed by atoms with van der Waals surface area (Å²) in [5.74, 6) is 0.916. The Labute approximate surface area is 109 Å². The van der Waals surface area contributed by atoms with Crippen LogP contribution < -0.4 is 10.5 Å². The molecule has 0 spiro atoms. The van der Waals surface area contributed by atoms with Crippen molar-refractivity contribution < 1.29 is 4.74 Å². The van der Waals surface area contributed by atoms with Gasteiger partial charge in [-0.1, -0.05) is 0 Å². The molecule has 0 radical (unpaired) electrons. The molecule has 0 aliphatic rings. The van der Waals surface area contributed by atoms with Gasteiger partial charge in [-0.3, -0.25) is 0 Å². The molecule has 1 heterocycles. The van der Waals surface area contributed by atoms with Gasteiger partial charge in [-0.05, 0) is 57.5 Å². The van der Waals surface area contributed by atoms with Crippen LogP contribution in [-0.2, 0) is 13.5 Å². The molecule has 0 saturated carbocycles. The highest BCUT2D eigenvalue weighted by atomic mass is 16.5. The zero-order valence-corrected chi connectivity index (χ0v) is 11.7. The quantitative estimate of drug-likeness (QED) is 0.904. The molecule has 0 saturated heterocycles. The topological polar surface area (TPSA) is 40.2 Å². The Morgan fingerprint density at radius 3 is 2.61 bits per heavy atom. The van der Waals surface area contributed by atoms with Crippen LogP contribution in [0.1, 0.15) is 26.3 Å². The number of ether oxygens (including phenoxy) is 1. The molecule has 0 bridgehead atoms. The number of nitrogens with zero attached hydrogens (tertiary/aromatic N) is 1. The van der Waals surface area contributed by atoms with Gasteiger partial charge < -0.3 is 15.0 Å². The van der Waals surface area contributed by atoms with E-state index in [-0.39, 0.29) is 5.60 Å². The molecule has 0 aliphatic heterocycles. The lowest BCUT2D eigenvalue weighted by molar-refractivity contribution is 0.131. The monoisotopic (exact) mass is 246 g/mol. The van der Waals surface area contributed by atoms with Gasteiger partial charge in [0.05, 0.1) is 0 Å². The van der Waals surface area contributed by atoms with Crippen molar-refractivity contribution in [3.8, 4) is 5.75 Å². The van der Waals surface area contributed by atoms with Crippen molar-refractivity contribution in [1.29, 1.82) is 0 Å². The van der Waals surface area contributed by atoms with Gasteiger partial charge in [-0.15, -0.1) is 0 Å². The van der Waals surface area contributed by atoms with Crippen LogP contribution in [0.15, 0.2) is 24.4 Å². The minimum atomic E-state index is -0.170. The first-order chi connectivity index (χ1) is 8.40. The average molecular weight is 246 g/mol. The molecule has 0 unspecified atom stereocenters. The molecule has 1 aromatic carbocycles. The van der Waals surface area contributed by atoms with Crippen LogP contribution in [0.3, 0.4) is 0 Å². The molecule has 2 N–H and O–H groups in total. The number of rotatable bonds is 3.